The van der Waals surface area contributed by atoms with E-state index < -0.39 is 21.7 Å². The summed E-state index contributed by atoms with van der Waals surface area (Å²) in [4.78, 5) is -0.389. The Morgan fingerprint density at radius 1 is 1.05 bits per heavy atom. The number of hydrogen-bond donors (Lipinski definition) is 2. The van der Waals surface area contributed by atoms with Crippen LogP contribution in [0.4, 0.5) is 8.78 Å². The molecule has 1 fully saturated rings. The number of nitrogens with two attached hydrogens (primary N) is 1. The van der Waals surface area contributed by atoms with E-state index in [9.17, 15) is 17.2 Å². The summed E-state index contributed by atoms with van der Waals surface area (Å²) in [6.45, 7) is 0. The summed E-state index contributed by atoms with van der Waals surface area (Å²) in [6.07, 6.45) is 2.76. The average Bonchev–Trinajstić information content (AvgIpc) is 2.31. The smallest absolute Gasteiger partial charge is 0.241 e. The van der Waals surface area contributed by atoms with E-state index in [1.807, 2.05) is 0 Å². The molecule has 0 spiro atoms. The van der Waals surface area contributed by atoms with E-state index >= 15 is 0 Å². The van der Waals surface area contributed by atoms with Crippen LogP contribution in [0.5, 0.6) is 0 Å². The van der Waals surface area contributed by atoms with Gasteiger partial charge in [-0.1, -0.05) is 0 Å². The molecule has 1 aromatic carbocycles. The third kappa shape index (κ3) is 4.37. The minimum Gasteiger partial charge on any atom is -0.328 e. The Morgan fingerprint density at radius 3 is 2.05 bits per heavy atom. The number of benzene rings is 1. The van der Waals surface area contributed by atoms with Crippen molar-refractivity contribution in [2.24, 2.45) is 5.73 Å². The molecular formula is C12H17ClF2N2O2S. The van der Waals surface area contributed by atoms with Gasteiger partial charge in [-0.05, 0) is 37.8 Å². The Balaban J connectivity index is 0.00000200. The van der Waals surface area contributed by atoms with Crippen LogP contribution in [0, 0.1) is 11.6 Å². The minimum atomic E-state index is -3.89. The predicted octanol–water partition coefficient (Wildman–Crippen LogP) is 1.93. The first-order valence-electron chi connectivity index (χ1n) is 6.11. The molecule has 0 unspecified atom stereocenters. The highest BCUT2D eigenvalue weighted by atomic mass is 35.5. The molecule has 1 aromatic rings. The lowest BCUT2D eigenvalue weighted by molar-refractivity contribution is 0.373. The molecule has 0 radical (unpaired) electrons. The van der Waals surface area contributed by atoms with Crippen molar-refractivity contribution in [1.82, 2.24) is 4.72 Å². The summed E-state index contributed by atoms with van der Waals surface area (Å²) in [5.74, 6) is -1.82. The Morgan fingerprint density at radius 2 is 1.55 bits per heavy atom. The van der Waals surface area contributed by atoms with Gasteiger partial charge < -0.3 is 5.73 Å². The molecule has 8 heteroatoms. The van der Waals surface area contributed by atoms with Gasteiger partial charge in [0.15, 0.2) is 0 Å². The van der Waals surface area contributed by atoms with Gasteiger partial charge in [-0.25, -0.2) is 21.9 Å². The number of halogens is 3. The highest BCUT2D eigenvalue weighted by Crippen LogP contribution is 2.20. The molecule has 4 nitrogen and oxygen atoms in total. The zero-order valence-corrected chi connectivity index (χ0v) is 12.3. The summed E-state index contributed by atoms with van der Waals surface area (Å²) >= 11 is 0. The molecule has 0 heterocycles. The Bertz CT molecular complexity index is 540. The van der Waals surface area contributed by atoms with Crippen molar-refractivity contribution in [3.8, 4) is 0 Å². The topological polar surface area (TPSA) is 72.2 Å². The predicted molar refractivity (Wildman–Crippen MR) is 74.2 cm³/mol. The van der Waals surface area contributed by atoms with Gasteiger partial charge in [0.1, 0.15) is 11.6 Å². The Hall–Kier alpha value is -0.760. The van der Waals surface area contributed by atoms with Gasteiger partial charge >= 0.3 is 0 Å². The number of nitrogens with one attached hydrogen (secondary N) is 1. The first-order valence-corrected chi connectivity index (χ1v) is 7.59. The SMILES string of the molecule is Cl.NC1CCC(NS(=O)(=O)c2cc(F)cc(F)c2)CC1. The lowest BCUT2D eigenvalue weighted by Crippen LogP contribution is -2.40. The van der Waals surface area contributed by atoms with Crippen LogP contribution in [-0.4, -0.2) is 20.5 Å². The van der Waals surface area contributed by atoms with Gasteiger partial charge in [0.2, 0.25) is 10.0 Å². The quantitative estimate of drug-likeness (QED) is 0.891. The van der Waals surface area contributed by atoms with Crippen LogP contribution >= 0.6 is 12.4 Å². The lowest BCUT2D eigenvalue weighted by Gasteiger charge is -2.26. The van der Waals surface area contributed by atoms with Gasteiger partial charge in [0, 0.05) is 18.2 Å². The molecule has 3 N–H and O–H groups in total. The van der Waals surface area contributed by atoms with Crippen LogP contribution in [0.15, 0.2) is 23.1 Å². The molecule has 1 aliphatic rings. The fourth-order valence-electron chi connectivity index (χ4n) is 2.21. The Kier molecular flexibility index (Phi) is 5.88. The summed E-state index contributed by atoms with van der Waals surface area (Å²) in [5, 5.41) is 0. The first kappa shape index (κ1) is 17.3. The third-order valence-electron chi connectivity index (χ3n) is 3.24. The van der Waals surface area contributed by atoms with Crippen LogP contribution < -0.4 is 10.5 Å². The van der Waals surface area contributed by atoms with Crippen LogP contribution in [0.3, 0.4) is 0 Å². The van der Waals surface area contributed by atoms with Gasteiger partial charge in [0.05, 0.1) is 4.90 Å². The lowest BCUT2D eigenvalue weighted by atomic mass is 9.93. The summed E-state index contributed by atoms with van der Waals surface area (Å²) in [6, 6.07) is 2.13. The average molecular weight is 327 g/mol. The first-order chi connectivity index (χ1) is 8.87. The fourth-order valence-corrected chi connectivity index (χ4v) is 3.55. The van der Waals surface area contributed by atoms with Crippen molar-refractivity contribution in [2.45, 2.75) is 42.7 Å². The molecule has 0 bridgehead atoms. The maximum Gasteiger partial charge on any atom is 0.241 e. The molecule has 0 amide bonds. The van der Waals surface area contributed by atoms with Crippen molar-refractivity contribution in [3.63, 3.8) is 0 Å². The molecule has 0 aliphatic heterocycles. The Labute approximate surface area is 123 Å². The van der Waals surface area contributed by atoms with Crippen molar-refractivity contribution in [2.75, 3.05) is 0 Å². The van der Waals surface area contributed by atoms with Crippen molar-refractivity contribution in [3.05, 3.63) is 29.8 Å². The monoisotopic (exact) mass is 326 g/mol. The van der Waals surface area contributed by atoms with E-state index in [2.05, 4.69) is 4.72 Å². The fraction of sp³-hybridized carbons (Fsp3) is 0.500. The van der Waals surface area contributed by atoms with Gasteiger partial charge in [-0.3, -0.25) is 0 Å². The van der Waals surface area contributed by atoms with E-state index in [4.69, 9.17) is 5.73 Å². The minimum absolute atomic E-state index is 0. The van der Waals surface area contributed by atoms with E-state index in [1.165, 1.54) is 0 Å². The van der Waals surface area contributed by atoms with Crippen LogP contribution in [0.25, 0.3) is 0 Å². The molecule has 0 saturated heterocycles. The normalized spacial score (nSPS) is 23.1. The number of sulfonamides is 1. The summed E-state index contributed by atoms with van der Waals surface area (Å²) in [7, 11) is -3.89. The standard InChI is InChI=1S/C12H16F2N2O2S.ClH/c13-8-5-9(14)7-12(6-8)19(17,18)16-11-3-1-10(15)2-4-11;/h5-7,10-11,16H,1-4,15H2;1H. The molecule has 0 aromatic heterocycles. The van der Waals surface area contributed by atoms with E-state index in [0.717, 1.165) is 25.0 Å². The zero-order valence-electron chi connectivity index (χ0n) is 10.7. The van der Waals surface area contributed by atoms with Crippen LogP contribution in [0.1, 0.15) is 25.7 Å². The van der Waals surface area contributed by atoms with Gasteiger partial charge in [-0.15, -0.1) is 12.4 Å². The molecule has 1 aliphatic carbocycles. The third-order valence-corrected chi connectivity index (χ3v) is 4.74. The van der Waals surface area contributed by atoms with Gasteiger partial charge in [0.25, 0.3) is 0 Å². The molecule has 20 heavy (non-hydrogen) atoms. The van der Waals surface area contributed by atoms with E-state index in [-0.39, 0.29) is 29.4 Å². The van der Waals surface area contributed by atoms with Gasteiger partial charge in [-0.2, -0.15) is 0 Å². The largest absolute Gasteiger partial charge is 0.328 e. The molecule has 0 atom stereocenters. The van der Waals surface area contributed by atoms with Crippen LogP contribution in [0.2, 0.25) is 0 Å². The van der Waals surface area contributed by atoms with Crippen molar-refractivity contribution < 1.29 is 17.2 Å². The van der Waals surface area contributed by atoms with Crippen LogP contribution in [-0.2, 0) is 10.0 Å². The van der Waals surface area contributed by atoms with E-state index in [1.54, 1.807) is 0 Å². The molecule has 114 valence electrons. The van der Waals surface area contributed by atoms with E-state index in [0.29, 0.717) is 18.9 Å². The molecular weight excluding hydrogens is 310 g/mol. The summed E-state index contributed by atoms with van der Waals surface area (Å²) in [5.41, 5.74) is 5.74. The summed E-state index contributed by atoms with van der Waals surface area (Å²) < 4.78 is 52.6. The maximum atomic E-state index is 13.0. The second kappa shape index (κ2) is 6.80. The number of hydrogen-bond acceptors (Lipinski definition) is 3. The second-order valence-electron chi connectivity index (χ2n) is 4.84. The highest BCUT2D eigenvalue weighted by molar-refractivity contribution is 7.89. The maximum absolute atomic E-state index is 13.0. The molecule has 1 saturated carbocycles. The zero-order chi connectivity index (χ0) is 14.0. The van der Waals surface area contributed by atoms with Crippen molar-refractivity contribution in [1.29, 1.82) is 0 Å². The number of rotatable bonds is 3. The molecule has 2 rings (SSSR count). The highest BCUT2D eigenvalue weighted by Gasteiger charge is 2.25. The van der Waals surface area contributed by atoms with Crippen molar-refractivity contribution >= 4 is 22.4 Å². The second-order valence-corrected chi connectivity index (χ2v) is 6.55.